The van der Waals surface area contributed by atoms with Gasteiger partial charge in [-0.1, -0.05) is 0 Å². The summed E-state index contributed by atoms with van der Waals surface area (Å²) in [5.74, 6) is 0.191. The van der Waals surface area contributed by atoms with E-state index in [4.69, 9.17) is 5.73 Å². The lowest BCUT2D eigenvalue weighted by Crippen LogP contribution is -2.26. The third-order valence-electron chi connectivity index (χ3n) is 3.48. The summed E-state index contributed by atoms with van der Waals surface area (Å²) in [4.78, 5) is 2.59. The Hall–Kier alpha value is -1.07. The number of hydrogen-bond acceptors (Lipinski definition) is 4. The number of hydrogen-bond donors (Lipinski definition) is 1. The van der Waals surface area contributed by atoms with Crippen LogP contribution in [0.2, 0.25) is 0 Å². The molecule has 0 unspecified atom stereocenters. The standard InChI is InChI=1S/C13H20N2O2S/c1-11-10-12(4-5-13(11)14)18(16,17)9-8-15-6-2-3-7-15/h4-5,10H,2-3,6-9,14H2,1H3. The first-order valence-electron chi connectivity index (χ1n) is 6.30. The molecule has 1 saturated heterocycles. The summed E-state index contributed by atoms with van der Waals surface area (Å²) in [5.41, 5.74) is 7.15. The average molecular weight is 268 g/mol. The summed E-state index contributed by atoms with van der Waals surface area (Å²) in [7, 11) is -3.18. The molecule has 1 heterocycles. The number of anilines is 1. The lowest BCUT2D eigenvalue weighted by molar-refractivity contribution is 0.359. The maximum absolute atomic E-state index is 12.2. The van der Waals surface area contributed by atoms with E-state index in [1.54, 1.807) is 18.2 Å². The summed E-state index contributed by atoms with van der Waals surface area (Å²) in [6.45, 7) is 4.51. The van der Waals surface area contributed by atoms with Gasteiger partial charge in [0.25, 0.3) is 0 Å². The van der Waals surface area contributed by atoms with Crippen LogP contribution in [0, 0.1) is 6.92 Å². The van der Waals surface area contributed by atoms with Gasteiger partial charge in [-0.25, -0.2) is 8.42 Å². The van der Waals surface area contributed by atoms with Gasteiger partial charge in [-0.15, -0.1) is 0 Å². The number of rotatable bonds is 4. The molecule has 0 amide bonds. The Kier molecular flexibility index (Phi) is 3.92. The van der Waals surface area contributed by atoms with Gasteiger partial charge in [0.05, 0.1) is 10.6 Å². The molecule has 0 aromatic heterocycles. The van der Waals surface area contributed by atoms with Crippen molar-refractivity contribution in [2.24, 2.45) is 0 Å². The molecule has 5 heteroatoms. The van der Waals surface area contributed by atoms with Crippen LogP contribution >= 0.6 is 0 Å². The molecule has 1 aromatic rings. The van der Waals surface area contributed by atoms with Crippen molar-refractivity contribution < 1.29 is 8.42 Å². The highest BCUT2D eigenvalue weighted by molar-refractivity contribution is 7.91. The highest BCUT2D eigenvalue weighted by Crippen LogP contribution is 2.18. The minimum Gasteiger partial charge on any atom is -0.399 e. The Morgan fingerprint density at radius 3 is 2.56 bits per heavy atom. The predicted molar refractivity (Wildman–Crippen MR) is 73.3 cm³/mol. The van der Waals surface area contributed by atoms with Crippen molar-refractivity contribution in [3.63, 3.8) is 0 Å². The van der Waals surface area contributed by atoms with Crippen molar-refractivity contribution in [1.82, 2.24) is 4.90 Å². The fraction of sp³-hybridized carbons (Fsp3) is 0.538. The Morgan fingerprint density at radius 2 is 1.94 bits per heavy atom. The van der Waals surface area contributed by atoms with Crippen molar-refractivity contribution in [2.75, 3.05) is 31.1 Å². The maximum atomic E-state index is 12.2. The monoisotopic (exact) mass is 268 g/mol. The lowest BCUT2D eigenvalue weighted by atomic mass is 10.2. The Morgan fingerprint density at radius 1 is 1.28 bits per heavy atom. The van der Waals surface area contributed by atoms with Gasteiger partial charge in [0, 0.05) is 12.2 Å². The van der Waals surface area contributed by atoms with Crippen LogP contribution < -0.4 is 5.73 Å². The Balaban J connectivity index is 2.07. The third-order valence-corrected chi connectivity index (χ3v) is 5.17. The molecule has 1 aromatic carbocycles. The van der Waals surface area contributed by atoms with Crippen LogP contribution in [-0.2, 0) is 9.84 Å². The predicted octanol–water partition coefficient (Wildman–Crippen LogP) is 1.45. The molecule has 1 fully saturated rings. The number of aryl methyl sites for hydroxylation is 1. The van der Waals surface area contributed by atoms with Crippen molar-refractivity contribution in [3.05, 3.63) is 23.8 Å². The summed E-state index contributed by atoms with van der Waals surface area (Å²) in [6.07, 6.45) is 2.36. The molecule has 2 N–H and O–H groups in total. The first-order valence-corrected chi connectivity index (χ1v) is 7.95. The van der Waals surface area contributed by atoms with Gasteiger partial charge in [-0.2, -0.15) is 0 Å². The number of nitrogens with zero attached hydrogens (tertiary/aromatic N) is 1. The average Bonchev–Trinajstić information content (AvgIpc) is 2.83. The second-order valence-corrected chi connectivity index (χ2v) is 7.00. The summed E-state index contributed by atoms with van der Waals surface area (Å²) < 4.78 is 24.4. The van der Waals surface area contributed by atoms with Crippen molar-refractivity contribution in [3.8, 4) is 0 Å². The molecular weight excluding hydrogens is 248 g/mol. The van der Waals surface area contributed by atoms with E-state index in [2.05, 4.69) is 4.90 Å². The third kappa shape index (κ3) is 3.03. The normalized spacial score (nSPS) is 17.2. The van der Waals surface area contributed by atoms with Crippen LogP contribution in [0.15, 0.2) is 23.1 Å². The summed E-state index contributed by atoms with van der Waals surface area (Å²) >= 11 is 0. The maximum Gasteiger partial charge on any atom is 0.179 e. The fourth-order valence-electron chi connectivity index (χ4n) is 2.22. The zero-order chi connectivity index (χ0) is 13.2. The van der Waals surface area contributed by atoms with Gasteiger partial charge in [0.2, 0.25) is 0 Å². The van der Waals surface area contributed by atoms with Gasteiger partial charge in [-0.05, 0) is 56.6 Å². The topological polar surface area (TPSA) is 63.4 Å². The quantitative estimate of drug-likeness (QED) is 0.839. The lowest BCUT2D eigenvalue weighted by Gasteiger charge is -2.14. The Bertz CT molecular complexity index is 520. The minimum atomic E-state index is -3.18. The molecule has 0 spiro atoms. The van der Waals surface area contributed by atoms with Crippen LogP contribution in [0.5, 0.6) is 0 Å². The van der Waals surface area contributed by atoms with Crippen molar-refractivity contribution >= 4 is 15.5 Å². The molecule has 4 nitrogen and oxygen atoms in total. The van der Waals surface area contributed by atoms with Crippen molar-refractivity contribution in [1.29, 1.82) is 0 Å². The van der Waals surface area contributed by atoms with E-state index in [0.717, 1.165) is 18.7 Å². The SMILES string of the molecule is Cc1cc(S(=O)(=O)CCN2CCCC2)ccc1N. The van der Waals surface area contributed by atoms with E-state index in [1.807, 2.05) is 6.92 Å². The second kappa shape index (κ2) is 5.28. The van der Waals surface area contributed by atoms with Crippen LogP contribution in [-0.4, -0.2) is 38.7 Å². The van der Waals surface area contributed by atoms with Crippen LogP contribution in [0.3, 0.4) is 0 Å². The zero-order valence-electron chi connectivity index (χ0n) is 10.7. The largest absolute Gasteiger partial charge is 0.399 e. The van der Waals surface area contributed by atoms with E-state index >= 15 is 0 Å². The molecule has 0 bridgehead atoms. The van der Waals surface area contributed by atoms with E-state index in [0.29, 0.717) is 17.1 Å². The summed E-state index contributed by atoms with van der Waals surface area (Å²) in [5, 5.41) is 0. The van der Waals surface area contributed by atoms with Gasteiger partial charge in [0.1, 0.15) is 0 Å². The van der Waals surface area contributed by atoms with Crippen molar-refractivity contribution in [2.45, 2.75) is 24.7 Å². The number of benzene rings is 1. The number of nitrogen functional groups attached to an aromatic ring is 1. The number of nitrogens with two attached hydrogens (primary N) is 1. The second-order valence-electron chi connectivity index (χ2n) is 4.89. The molecular formula is C13H20N2O2S. The molecule has 18 heavy (non-hydrogen) atoms. The fourth-order valence-corrected chi connectivity index (χ4v) is 3.58. The smallest absolute Gasteiger partial charge is 0.179 e. The van der Waals surface area contributed by atoms with Gasteiger partial charge in [-0.3, -0.25) is 0 Å². The highest BCUT2D eigenvalue weighted by Gasteiger charge is 2.18. The Labute approximate surface area is 109 Å². The van der Waals surface area contributed by atoms with E-state index < -0.39 is 9.84 Å². The van der Waals surface area contributed by atoms with Crippen LogP contribution in [0.1, 0.15) is 18.4 Å². The summed E-state index contributed by atoms with van der Waals surface area (Å²) in [6, 6.07) is 4.92. The molecule has 1 aliphatic rings. The van der Waals surface area contributed by atoms with Gasteiger partial charge in [0.15, 0.2) is 9.84 Å². The van der Waals surface area contributed by atoms with E-state index in [9.17, 15) is 8.42 Å². The number of likely N-dealkylation sites (tertiary alicyclic amines) is 1. The molecule has 100 valence electrons. The first-order chi connectivity index (χ1) is 8.49. The molecule has 0 atom stereocenters. The van der Waals surface area contributed by atoms with Crippen LogP contribution in [0.25, 0.3) is 0 Å². The minimum absolute atomic E-state index is 0.191. The van der Waals surface area contributed by atoms with Crippen LogP contribution in [0.4, 0.5) is 5.69 Å². The molecule has 0 saturated carbocycles. The highest BCUT2D eigenvalue weighted by atomic mass is 32.2. The number of sulfone groups is 1. The van der Waals surface area contributed by atoms with Gasteiger partial charge >= 0.3 is 0 Å². The molecule has 0 aliphatic carbocycles. The molecule has 2 rings (SSSR count). The van der Waals surface area contributed by atoms with Gasteiger partial charge < -0.3 is 10.6 Å². The first kappa shape index (κ1) is 13.4. The molecule has 1 aliphatic heterocycles. The van der Waals surface area contributed by atoms with E-state index in [-0.39, 0.29) is 5.75 Å². The molecule has 0 radical (unpaired) electrons. The zero-order valence-corrected chi connectivity index (χ0v) is 11.5. The van der Waals surface area contributed by atoms with E-state index in [1.165, 1.54) is 12.8 Å².